The molecule has 2 N–H and O–H groups in total. The highest BCUT2D eigenvalue weighted by Crippen LogP contribution is 2.29. The minimum absolute atomic E-state index is 0.219. The number of amides is 1. The van der Waals surface area contributed by atoms with Crippen molar-refractivity contribution >= 4 is 22.6 Å². The molecule has 1 aromatic carbocycles. The van der Waals surface area contributed by atoms with E-state index in [9.17, 15) is 4.79 Å². The Kier molecular flexibility index (Phi) is 6.75. The molecule has 170 valence electrons. The van der Waals surface area contributed by atoms with Gasteiger partial charge in [0.2, 0.25) is 0 Å². The lowest BCUT2D eigenvalue weighted by Gasteiger charge is -2.25. The molecule has 0 bridgehead atoms. The smallest absolute Gasteiger partial charge is 0.255 e. The largest absolute Gasteiger partial charge is 0.497 e. The molecule has 0 atom stereocenters. The highest BCUT2D eigenvalue weighted by molar-refractivity contribution is 6.06. The minimum Gasteiger partial charge on any atom is -0.497 e. The molecule has 0 saturated carbocycles. The van der Waals surface area contributed by atoms with Gasteiger partial charge >= 0.3 is 0 Å². The number of aromatic nitrogens is 3. The molecule has 0 aliphatic carbocycles. The van der Waals surface area contributed by atoms with E-state index in [2.05, 4.69) is 20.7 Å². The molecule has 9 heteroatoms. The number of carbonyl (C=O) groups is 1. The summed E-state index contributed by atoms with van der Waals surface area (Å²) in [5.74, 6) is 1.17. The Bertz CT molecular complexity index is 1090. The van der Waals surface area contributed by atoms with Crippen LogP contribution in [0.4, 0.5) is 5.69 Å². The zero-order valence-electron chi connectivity index (χ0n) is 18.7. The van der Waals surface area contributed by atoms with E-state index in [0.717, 1.165) is 35.1 Å². The first-order valence-electron chi connectivity index (χ1n) is 10.8. The molecule has 1 fully saturated rings. The quantitative estimate of drug-likeness (QED) is 0.557. The number of hydrogen-bond donors (Lipinski definition) is 2. The van der Waals surface area contributed by atoms with Crippen molar-refractivity contribution in [1.82, 2.24) is 20.1 Å². The predicted octanol–water partition coefficient (Wildman–Crippen LogP) is 2.99. The number of nitrogens with one attached hydrogen (secondary N) is 2. The van der Waals surface area contributed by atoms with Gasteiger partial charge in [-0.1, -0.05) is 0 Å². The van der Waals surface area contributed by atoms with E-state index >= 15 is 0 Å². The van der Waals surface area contributed by atoms with Crippen LogP contribution in [-0.2, 0) is 17.8 Å². The number of hydrogen-bond acceptors (Lipinski definition) is 7. The fourth-order valence-electron chi connectivity index (χ4n) is 3.92. The Labute approximate surface area is 187 Å². The van der Waals surface area contributed by atoms with Gasteiger partial charge < -0.3 is 24.8 Å². The number of methoxy groups -OCH3 is 2. The third-order valence-electron chi connectivity index (χ3n) is 5.71. The summed E-state index contributed by atoms with van der Waals surface area (Å²) in [6.45, 7) is 4.42. The van der Waals surface area contributed by atoms with Crippen molar-refractivity contribution in [2.75, 3.05) is 32.8 Å². The summed E-state index contributed by atoms with van der Waals surface area (Å²) in [7, 11) is 3.21. The zero-order chi connectivity index (χ0) is 22.5. The first-order valence-corrected chi connectivity index (χ1v) is 10.8. The fourth-order valence-corrected chi connectivity index (χ4v) is 3.92. The van der Waals surface area contributed by atoms with Gasteiger partial charge in [-0.05, 0) is 38.0 Å². The second-order valence-electron chi connectivity index (χ2n) is 7.64. The third-order valence-corrected chi connectivity index (χ3v) is 5.71. The molecule has 1 aliphatic heterocycles. The van der Waals surface area contributed by atoms with Crippen LogP contribution in [0.25, 0.3) is 11.0 Å². The van der Waals surface area contributed by atoms with E-state index < -0.39 is 0 Å². The summed E-state index contributed by atoms with van der Waals surface area (Å²) in [6, 6.07) is 5.73. The number of carbonyl (C=O) groups excluding carboxylic acids is 1. The summed E-state index contributed by atoms with van der Waals surface area (Å²) in [5.41, 5.74) is 2.83. The first kappa shape index (κ1) is 21.9. The van der Waals surface area contributed by atoms with Gasteiger partial charge in [0.05, 0.1) is 37.1 Å². The minimum atomic E-state index is -0.219. The van der Waals surface area contributed by atoms with E-state index in [4.69, 9.17) is 14.2 Å². The van der Waals surface area contributed by atoms with E-state index in [1.165, 1.54) is 0 Å². The number of aryl methyl sites for hydroxylation is 1. The van der Waals surface area contributed by atoms with E-state index in [-0.39, 0.29) is 11.9 Å². The first-order chi connectivity index (χ1) is 15.6. The number of benzene rings is 1. The van der Waals surface area contributed by atoms with Gasteiger partial charge in [-0.2, -0.15) is 5.10 Å². The molecule has 32 heavy (non-hydrogen) atoms. The summed E-state index contributed by atoms with van der Waals surface area (Å²) in [6.07, 6.45) is 5.16. The number of anilines is 1. The molecule has 0 radical (unpaired) electrons. The topological polar surface area (TPSA) is 99.5 Å². The van der Waals surface area contributed by atoms with Crippen LogP contribution >= 0.6 is 0 Å². The highest BCUT2D eigenvalue weighted by Gasteiger charge is 2.22. The molecule has 0 unspecified atom stereocenters. The summed E-state index contributed by atoms with van der Waals surface area (Å²) < 4.78 is 18.0. The number of nitrogens with zero attached hydrogens (tertiary/aromatic N) is 3. The maximum absolute atomic E-state index is 13.2. The Morgan fingerprint density at radius 3 is 2.75 bits per heavy atom. The molecule has 1 saturated heterocycles. The zero-order valence-corrected chi connectivity index (χ0v) is 18.7. The molecular weight excluding hydrogens is 410 g/mol. The number of rotatable bonds is 8. The van der Waals surface area contributed by atoms with Crippen molar-refractivity contribution < 1.29 is 19.0 Å². The maximum Gasteiger partial charge on any atom is 0.255 e. The Morgan fingerprint density at radius 1 is 1.22 bits per heavy atom. The predicted molar refractivity (Wildman–Crippen MR) is 121 cm³/mol. The van der Waals surface area contributed by atoms with Crippen molar-refractivity contribution in [3.05, 3.63) is 41.7 Å². The average molecular weight is 440 g/mol. The molecule has 9 nitrogen and oxygen atoms in total. The summed E-state index contributed by atoms with van der Waals surface area (Å²) in [5, 5.41) is 11.8. The number of ether oxygens (including phenoxy) is 3. The Balaban J connectivity index is 1.62. The van der Waals surface area contributed by atoms with Gasteiger partial charge in [0.15, 0.2) is 5.65 Å². The third kappa shape index (κ3) is 4.47. The van der Waals surface area contributed by atoms with E-state index in [1.807, 2.05) is 29.8 Å². The highest BCUT2D eigenvalue weighted by atomic mass is 16.5. The molecule has 4 rings (SSSR count). The van der Waals surface area contributed by atoms with Crippen molar-refractivity contribution in [3.8, 4) is 11.5 Å². The SMILES string of the molecule is CCn1ncc2c(NC3CCOCC3)c(C(=O)NCc3cc(OC)ccc3OC)cnc21. The van der Waals surface area contributed by atoms with Crippen LogP contribution in [-0.4, -0.2) is 54.1 Å². The van der Waals surface area contributed by atoms with Gasteiger partial charge in [0.25, 0.3) is 5.91 Å². The second kappa shape index (κ2) is 9.86. The van der Waals surface area contributed by atoms with Gasteiger partial charge in [-0.15, -0.1) is 0 Å². The molecule has 1 amide bonds. The van der Waals surface area contributed by atoms with Crippen LogP contribution < -0.4 is 20.1 Å². The van der Waals surface area contributed by atoms with Crippen molar-refractivity contribution in [2.45, 2.75) is 38.9 Å². The van der Waals surface area contributed by atoms with E-state index in [1.54, 1.807) is 26.6 Å². The van der Waals surface area contributed by atoms with Crippen LogP contribution in [0, 0.1) is 0 Å². The lowest BCUT2D eigenvalue weighted by molar-refractivity contribution is 0.0904. The van der Waals surface area contributed by atoms with Crippen LogP contribution in [0.3, 0.4) is 0 Å². The Hall–Kier alpha value is -3.33. The van der Waals surface area contributed by atoms with Gasteiger partial charge in [-0.3, -0.25) is 4.79 Å². The Morgan fingerprint density at radius 2 is 2.03 bits per heavy atom. The average Bonchev–Trinajstić information content (AvgIpc) is 3.27. The molecule has 3 heterocycles. The van der Waals surface area contributed by atoms with Crippen molar-refractivity contribution in [3.63, 3.8) is 0 Å². The van der Waals surface area contributed by atoms with Crippen LogP contribution in [0.2, 0.25) is 0 Å². The lowest BCUT2D eigenvalue weighted by atomic mass is 10.1. The standard InChI is InChI=1S/C23H29N5O4/c1-4-28-22-18(14-26-28)21(27-16-7-9-32-10-8-16)19(13-24-22)23(29)25-12-15-11-17(30-2)5-6-20(15)31-3/h5-6,11,13-14,16H,4,7-10,12H2,1-3H3,(H,24,27)(H,25,29). The monoisotopic (exact) mass is 439 g/mol. The molecule has 2 aromatic heterocycles. The van der Waals surface area contributed by atoms with Gasteiger partial charge in [-0.25, -0.2) is 9.67 Å². The van der Waals surface area contributed by atoms with Crippen LogP contribution in [0.5, 0.6) is 11.5 Å². The summed E-state index contributed by atoms with van der Waals surface area (Å²) >= 11 is 0. The van der Waals surface area contributed by atoms with Crippen molar-refractivity contribution in [1.29, 1.82) is 0 Å². The molecular formula is C23H29N5O4. The maximum atomic E-state index is 13.2. The normalized spacial score (nSPS) is 14.3. The van der Waals surface area contributed by atoms with Crippen molar-refractivity contribution in [2.24, 2.45) is 0 Å². The van der Waals surface area contributed by atoms with Gasteiger partial charge in [0, 0.05) is 44.1 Å². The molecule has 0 spiro atoms. The number of fused-ring (bicyclic) bond motifs is 1. The molecule has 3 aromatic rings. The van der Waals surface area contributed by atoms with E-state index in [0.29, 0.717) is 43.4 Å². The molecule has 1 aliphatic rings. The number of pyridine rings is 1. The van der Waals surface area contributed by atoms with Crippen LogP contribution in [0.15, 0.2) is 30.6 Å². The fraction of sp³-hybridized carbons (Fsp3) is 0.435. The summed E-state index contributed by atoms with van der Waals surface area (Å²) in [4.78, 5) is 17.8. The van der Waals surface area contributed by atoms with Gasteiger partial charge in [0.1, 0.15) is 11.5 Å². The lowest BCUT2D eigenvalue weighted by Crippen LogP contribution is -2.30. The second-order valence-corrected chi connectivity index (χ2v) is 7.64. The van der Waals surface area contributed by atoms with Crippen LogP contribution in [0.1, 0.15) is 35.7 Å².